The number of phenolic OH excluding ortho intramolecular Hbond substituents is 1. The number of Topliss-reactive ketones (excluding diaryl/α,β-unsaturated/α-hetero) is 1. The van der Waals surface area contributed by atoms with E-state index in [1.165, 1.54) is 11.1 Å². The molecule has 3 fully saturated rings. The van der Waals surface area contributed by atoms with E-state index >= 15 is 0 Å². The second-order valence-corrected chi connectivity index (χ2v) is 10.4. The molecule has 0 spiro atoms. The summed E-state index contributed by atoms with van der Waals surface area (Å²) in [6.45, 7) is 4.93. The molecule has 1 heterocycles. The Hall–Kier alpha value is -1.88. The highest BCUT2D eigenvalue weighted by molar-refractivity contribution is 5.87. The van der Waals surface area contributed by atoms with Crippen molar-refractivity contribution in [1.82, 2.24) is 4.90 Å². The molecule has 0 aromatic heterocycles. The van der Waals surface area contributed by atoms with Crippen LogP contribution in [0.15, 0.2) is 18.2 Å². The van der Waals surface area contributed by atoms with Crippen LogP contribution in [0.2, 0.25) is 0 Å². The van der Waals surface area contributed by atoms with Crippen molar-refractivity contribution in [1.29, 1.82) is 0 Å². The van der Waals surface area contributed by atoms with E-state index in [-0.39, 0.29) is 11.3 Å². The number of nitrogens with zero attached hydrogens (tertiary/aromatic N) is 1. The number of ether oxygens (including phenoxy) is 1. The SMILES string of the molecule is C[C@]12CC[C@@H]3c4ccc(O)cc4CC[C@H]3[C@@H]1[C@@H](CCCC(=O)N1CCOCC1)CC2=O. The predicted molar refractivity (Wildman–Crippen MR) is 118 cm³/mol. The topological polar surface area (TPSA) is 66.8 Å². The second kappa shape index (κ2) is 8.23. The average molecular weight is 426 g/mol. The molecule has 3 aliphatic carbocycles. The number of amides is 1. The number of aryl methyl sites for hydroxylation is 1. The number of phenols is 1. The molecule has 5 heteroatoms. The van der Waals surface area contributed by atoms with Crippen molar-refractivity contribution in [2.75, 3.05) is 26.3 Å². The van der Waals surface area contributed by atoms with E-state index in [9.17, 15) is 14.7 Å². The zero-order chi connectivity index (χ0) is 21.6. The molecule has 1 amide bonds. The molecule has 5 atom stereocenters. The van der Waals surface area contributed by atoms with Gasteiger partial charge in [0.2, 0.25) is 5.91 Å². The average Bonchev–Trinajstić information content (AvgIpc) is 3.04. The molecule has 1 aromatic rings. The van der Waals surface area contributed by atoms with Crippen LogP contribution in [-0.2, 0) is 20.7 Å². The first-order valence-corrected chi connectivity index (χ1v) is 12.2. The fourth-order valence-corrected chi connectivity index (χ4v) is 7.38. The molecule has 5 nitrogen and oxygen atoms in total. The van der Waals surface area contributed by atoms with Gasteiger partial charge >= 0.3 is 0 Å². The third-order valence-electron chi connectivity index (χ3n) is 8.88. The molecule has 1 N–H and O–H groups in total. The van der Waals surface area contributed by atoms with E-state index in [0.717, 1.165) is 38.5 Å². The highest BCUT2D eigenvalue weighted by atomic mass is 16.5. The number of ketones is 1. The molecule has 2 saturated carbocycles. The number of carbonyl (C=O) groups excluding carboxylic acids is 2. The van der Waals surface area contributed by atoms with Gasteiger partial charge in [-0.2, -0.15) is 0 Å². The summed E-state index contributed by atoms with van der Waals surface area (Å²) in [6.07, 6.45) is 7.29. The number of aromatic hydroxyl groups is 1. The minimum Gasteiger partial charge on any atom is -0.508 e. The lowest BCUT2D eigenvalue weighted by atomic mass is 9.54. The van der Waals surface area contributed by atoms with Crippen molar-refractivity contribution in [2.45, 2.75) is 64.2 Å². The molecule has 0 unspecified atom stereocenters. The van der Waals surface area contributed by atoms with E-state index in [1.54, 1.807) is 0 Å². The van der Waals surface area contributed by atoms with E-state index in [0.29, 0.717) is 74.3 Å². The van der Waals surface area contributed by atoms with Gasteiger partial charge < -0.3 is 14.7 Å². The predicted octanol–water partition coefficient (Wildman–Crippen LogP) is 4.07. The largest absolute Gasteiger partial charge is 0.508 e. The van der Waals surface area contributed by atoms with Gasteiger partial charge in [0, 0.05) is 31.3 Å². The first-order chi connectivity index (χ1) is 15.0. The normalized spacial score (nSPS) is 34.7. The maximum absolute atomic E-state index is 13.1. The summed E-state index contributed by atoms with van der Waals surface area (Å²) in [4.78, 5) is 27.6. The number of benzene rings is 1. The zero-order valence-corrected chi connectivity index (χ0v) is 18.6. The Morgan fingerprint density at radius 2 is 2.06 bits per heavy atom. The Kier molecular flexibility index (Phi) is 5.58. The number of hydrogen-bond acceptors (Lipinski definition) is 4. The van der Waals surface area contributed by atoms with Gasteiger partial charge in [-0.15, -0.1) is 0 Å². The van der Waals surface area contributed by atoms with Gasteiger partial charge in [0.25, 0.3) is 0 Å². The van der Waals surface area contributed by atoms with E-state index in [4.69, 9.17) is 4.74 Å². The molecule has 1 saturated heterocycles. The Bertz CT molecular complexity index is 861. The monoisotopic (exact) mass is 425 g/mol. The lowest BCUT2D eigenvalue weighted by Crippen LogP contribution is -2.44. The summed E-state index contributed by atoms with van der Waals surface area (Å²) < 4.78 is 5.35. The number of morpholine rings is 1. The fourth-order valence-electron chi connectivity index (χ4n) is 7.38. The smallest absolute Gasteiger partial charge is 0.222 e. The summed E-state index contributed by atoms with van der Waals surface area (Å²) in [5, 5.41) is 9.91. The summed E-state index contributed by atoms with van der Waals surface area (Å²) in [5.74, 6) is 2.94. The Morgan fingerprint density at radius 1 is 1.26 bits per heavy atom. The van der Waals surface area contributed by atoms with Gasteiger partial charge in [0.15, 0.2) is 0 Å². The third kappa shape index (κ3) is 3.69. The lowest BCUT2D eigenvalue weighted by molar-refractivity contribution is -0.135. The van der Waals surface area contributed by atoms with Crippen LogP contribution < -0.4 is 0 Å². The van der Waals surface area contributed by atoms with Gasteiger partial charge in [-0.1, -0.05) is 13.0 Å². The van der Waals surface area contributed by atoms with Crippen LogP contribution in [0.3, 0.4) is 0 Å². The van der Waals surface area contributed by atoms with Crippen LogP contribution in [0.25, 0.3) is 0 Å². The Balaban J connectivity index is 1.29. The molecule has 1 aromatic carbocycles. The van der Waals surface area contributed by atoms with Gasteiger partial charge in [-0.3, -0.25) is 9.59 Å². The number of fused-ring (bicyclic) bond motifs is 5. The van der Waals surface area contributed by atoms with Crippen LogP contribution in [0.1, 0.15) is 68.9 Å². The third-order valence-corrected chi connectivity index (χ3v) is 8.88. The van der Waals surface area contributed by atoms with E-state index in [1.807, 2.05) is 17.0 Å². The van der Waals surface area contributed by atoms with Crippen LogP contribution in [0.4, 0.5) is 0 Å². The fraction of sp³-hybridized carbons (Fsp3) is 0.692. The summed E-state index contributed by atoms with van der Waals surface area (Å²) in [7, 11) is 0. The minimum absolute atomic E-state index is 0.186. The number of hydrogen-bond donors (Lipinski definition) is 1. The molecule has 5 rings (SSSR count). The van der Waals surface area contributed by atoms with Crippen molar-refractivity contribution in [2.24, 2.45) is 23.2 Å². The van der Waals surface area contributed by atoms with Crippen molar-refractivity contribution in [3.8, 4) is 5.75 Å². The first-order valence-electron chi connectivity index (χ1n) is 12.2. The van der Waals surface area contributed by atoms with Gasteiger partial charge in [-0.05, 0) is 85.5 Å². The van der Waals surface area contributed by atoms with Crippen LogP contribution >= 0.6 is 0 Å². The second-order valence-electron chi connectivity index (χ2n) is 10.4. The molecular weight excluding hydrogens is 390 g/mol. The van der Waals surface area contributed by atoms with Crippen LogP contribution in [-0.4, -0.2) is 48.0 Å². The van der Waals surface area contributed by atoms with Gasteiger partial charge in [0.05, 0.1) is 13.2 Å². The molecule has 31 heavy (non-hydrogen) atoms. The van der Waals surface area contributed by atoms with Crippen molar-refractivity contribution >= 4 is 11.7 Å². The standard InChI is InChI=1S/C26H35NO4/c1-26-10-9-21-20-8-6-19(28)15-17(20)5-7-22(21)25(26)18(16-23(26)29)3-2-4-24(30)27-11-13-31-14-12-27/h6,8,15,18,21-22,25,28H,2-5,7,9-14,16H2,1H3/t18-,21+,22+,25-,26+/m0/s1. The number of rotatable bonds is 4. The van der Waals surface area contributed by atoms with Crippen LogP contribution in [0, 0.1) is 23.2 Å². The number of carbonyl (C=O) groups is 2. The van der Waals surface area contributed by atoms with E-state index < -0.39 is 0 Å². The van der Waals surface area contributed by atoms with Crippen LogP contribution in [0.5, 0.6) is 5.75 Å². The molecule has 4 aliphatic rings. The molecule has 1 aliphatic heterocycles. The molecule has 0 radical (unpaired) electrons. The van der Waals surface area contributed by atoms with E-state index in [2.05, 4.69) is 13.0 Å². The highest BCUT2D eigenvalue weighted by Crippen LogP contribution is 2.62. The van der Waals surface area contributed by atoms with Crippen molar-refractivity contribution in [3.05, 3.63) is 29.3 Å². The summed E-state index contributed by atoms with van der Waals surface area (Å²) in [5.41, 5.74) is 2.51. The lowest BCUT2D eigenvalue weighted by Gasteiger charge is -2.50. The maximum Gasteiger partial charge on any atom is 0.222 e. The summed E-state index contributed by atoms with van der Waals surface area (Å²) >= 11 is 0. The molecule has 168 valence electrons. The first kappa shape index (κ1) is 21.0. The highest BCUT2D eigenvalue weighted by Gasteiger charge is 2.58. The van der Waals surface area contributed by atoms with Gasteiger partial charge in [-0.25, -0.2) is 0 Å². The van der Waals surface area contributed by atoms with Crippen molar-refractivity contribution in [3.63, 3.8) is 0 Å². The zero-order valence-electron chi connectivity index (χ0n) is 18.6. The van der Waals surface area contributed by atoms with Gasteiger partial charge in [0.1, 0.15) is 11.5 Å². The quantitative estimate of drug-likeness (QED) is 0.790. The molecular formula is C26H35NO4. The van der Waals surface area contributed by atoms with Crippen molar-refractivity contribution < 1.29 is 19.4 Å². The Labute approximate surface area is 185 Å². The molecule has 0 bridgehead atoms. The Morgan fingerprint density at radius 3 is 2.87 bits per heavy atom. The minimum atomic E-state index is -0.186. The maximum atomic E-state index is 13.1. The summed E-state index contributed by atoms with van der Waals surface area (Å²) in [6, 6.07) is 5.88.